The number of hydrogen-bond acceptors (Lipinski definition) is 3. The predicted molar refractivity (Wildman–Crippen MR) is 71.5 cm³/mol. The average Bonchev–Trinajstić information content (AvgIpc) is 2.58. The largest absolute Gasteiger partial charge is 0.328 e. The molecule has 0 aliphatic carbocycles. The Kier molecular flexibility index (Phi) is 5.82. The summed E-state index contributed by atoms with van der Waals surface area (Å²) in [6, 6.07) is 4.61. The molecule has 1 unspecified atom stereocenters. The first-order valence-electron chi connectivity index (χ1n) is 5.26. The van der Waals surface area contributed by atoms with Crippen LogP contribution in [0, 0.1) is 0 Å². The van der Waals surface area contributed by atoms with Gasteiger partial charge >= 0.3 is 0 Å². The molecule has 0 bridgehead atoms. The highest BCUT2D eigenvalue weighted by Crippen LogP contribution is 2.22. The molecule has 86 valence electrons. The molecule has 15 heavy (non-hydrogen) atoms. The van der Waals surface area contributed by atoms with Crippen molar-refractivity contribution in [1.29, 1.82) is 0 Å². The normalized spacial score (nSPS) is 13.4. The van der Waals surface area contributed by atoms with Crippen molar-refractivity contribution in [1.82, 2.24) is 4.90 Å². The summed E-state index contributed by atoms with van der Waals surface area (Å²) in [7, 11) is 2.16. The van der Waals surface area contributed by atoms with Gasteiger partial charge < -0.3 is 10.6 Å². The molecule has 1 rings (SSSR count). The van der Waals surface area contributed by atoms with Gasteiger partial charge in [-0.05, 0) is 61.4 Å². The topological polar surface area (TPSA) is 29.3 Å². The molecule has 0 saturated heterocycles. The molecule has 0 amide bonds. The zero-order valence-electron chi connectivity index (χ0n) is 9.37. The highest BCUT2D eigenvalue weighted by atomic mass is 79.9. The lowest BCUT2D eigenvalue weighted by Gasteiger charge is -2.17. The Bertz CT molecular complexity index is 286. The molecule has 1 heterocycles. The Balaban J connectivity index is 2.19. The van der Waals surface area contributed by atoms with Crippen LogP contribution in [0.5, 0.6) is 0 Å². The van der Waals surface area contributed by atoms with E-state index in [1.807, 2.05) is 11.3 Å². The summed E-state index contributed by atoms with van der Waals surface area (Å²) in [5.74, 6) is 0. The molecular formula is C11H19BrN2S. The Labute approximate surface area is 105 Å². The summed E-state index contributed by atoms with van der Waals surface area (Å²) < 4.78 is 1.22. The predicted octanol–water partition coefficient (Wildman–Crippen LogP) is 2.72. The molecule has 0 aromatic carbocycles. The van der Waals surface area contributed by atoms with Crippen molar-refractivity contribution in [3.8, 4) is 0 Å². The van der Waals surface area contributed by atoms with E-state index in [0.29, 0.717) is 6.04 Å². The van der Waals surface area contributed by atoms with Gasteiger partial charge in [0.05, 0.1) is 3.79 Å². The number of hydrogen-bond donors (Lipinski definition) is 1. The van der Waals surface area contributed by atoms with Crippen molar-refractivity contribution in [2.24, 2.45) is 5.73 Å². The molecule has 1 aromatic rings. The minimum atomic E-state index is 0.309. The fourth-order valence-corrected chi connectivity index (χ4v) is 2.79. The second-order valence-electron chi connectivity index (χ2n) is 4.03. The third-order valence-corrected chi connectivity index (χ3v) is 4.02. The molecule has 0 spiro atoms. The van der Waals surface area contributed by atoms with E-state index < -0.39 is 0 Å². The molecule has 4 heteroatoms. The van der Waals surface area contributed by atoms with E-state index >= 15 is 0 Å². The maximum atomic E-state index is 5.72. The summed E-state index contributed by atoms with van der Waals surface area (Å²) in [6.07, 6.45) is 2.20. The van der Waals surface area contributed by atoms with Crippen molar-refractivity contribution in [3.63, 3.8) is 0 Å². The fourth-order valence-electron chi connectivity index (χ4n) is 1.32. The van der Waals surface area contributed by atoms with Crippen LogP contribution in [-0.4, -0.2) is 31.1 Å². The monoisotopic (exact) mass is 290 g/mol. The Hall–Kier alpha value is 0.1000. The van der Waals surface area contributed by atoms with Crippen LogP contribution in [0.3, 0.4) is 0 Å². The van der Waals surface area contributed by atoms with Crippen LogP contribution in [0.4, 0.5) is 0 Å². The minimum absolute atomic E-state index is 0.309. The molecule has 2 N–H and O–H groups in total. The standard InChI is InChI=1S/C11H19BrN2S/c1-9(13)5-7-14(2)8-6-10-3-4-11(12)15-10/h3-4,9H,5-8,13H2,1-2H3. The van der Waals surface area contributed by atoms with Crippen LogP contribution in [0.25, 0.3) is 0 Å². The second kappa shape index (κ2) is 6.63. The van der Waals surface area contributed by atoms with E-state index in [9.17, 15) is 0 Å². The zero-order chi connectivity index (χ0) is 11.3. The van der Waals surface area contributed by atoms with Crippen LogP contribution in [0.1, 0.15) is 18.2 Å². The van der Waals surface area contributed by atoms with Crippen molar-refractivity contribution in [2.75, 3.05) is 20.1 Å². The highest BCUT2D eigenvalue weighted by Gasteiger charge is 2.02. The van der Waals surface area contributed by atoms with Crippen molar-refractivity contribution in [3.05, 3.63) is 20.8 Å². The maximum Gasteiger partial charge on any atom is 0.0701 e. The zero-order valence-corrected chi connectivity index (χ0v) is 11.8. The van der Waals surface area contributed by atoms with E-state index in [0.717, 1.165) is 25.9 Å². The van der Waals surface area contributed by atoms with Crippen LogP contribution >= 0.6 is 27.3 Å². The Morgan fingerprint density at radius 1 is 1.47 bits per heavy atom. The van der Waals surface area contributed by atoms with Crippen LogP contribution in [-0.2, 0) is 6.42 Å². The van der Waals surface area contributed by atoms with E-state index in [2.05, 4.69) is 46.9 Å². The average molecular weight is 291 g/mol. The first-order chi connectivity index (χ1) is 7.08. The van der Waals surface area contributed by atoms with Gasteiger partial charge in [-0.2, -0.15) is 0 Å². The number of thiophene rings is 1. The van der Waals surface area contributed by atoms with E-state index in [1.165, 1.54) is 8.66 Å². The van der Waals surface area contributed by atoms with Gasteiger partial charge in [0.2, 0.25) is 0 Å². The van der Waals surface area contributed by atoms with E-state index in [4.69, 9.17) is 5.73 Å². The summed E-state index contributed by atoms with van der Waals surface area (Å²) >= 11 is 5.30. The summed E-state index contributed by atoms with van der Waals surface area (Å²) in [5.41, 5.74) is 5.72. The lowest BCUT2D eigenvalue weighted by molar-refractivity contribution is 0.325. The quantitative estimate of drug-likeness (QED) is 0.873. The SMILES string of the molecule is CC(N)CCN(C)CCc1ccc(Br)s1. The van der Waals surface area contributed by atoms with Crippen molar-refractivity contribution in [2.45, 2.75) is 25.8 Å². The second-order valence-corrected chi connectivity index (χ2v) is 6.57. The molecule has 0 saturated carbocycles. The number of rotatable bonds is 6. The van der Waals surface area contributed by atoms with Gasteiger partial charge in [0.1, 0.15) is 0 Å². The molecule has 0 aliphatic heterocycles. The number of nitrogens with two attached hydrogens (primary N) is 1. The third-order valence-electron chi connectivity index (χ3n) is 2.33. The van der Waals surface area contributed by atoms with Gasteiger partial charge in [-0.3, -0.25) is 0 Å². The molecule has 2 nitrogen and oxygen atoms in total. The lowest BCUT2D eigenvalue weighted by atomic mass is 10.2. The van der Waals surface area contributed by atoms with Crippen LogP contribution in [0.2, 0.25) is 0 Å². The first-order valence-corrected chi connectivity index (χ1v) is 6.87. The van der Waals surface area contributed by atoms with Gasteiger partial charge in [-0.1, -0.05) is 0 Å². The number of likely N-dealkylation sites (N-methyl/N-ethyl adjacent to an activating group) is 1. The van der Waals surface area contributed by atoms with Gasteiger partial charge in [0, 0.05) is 17.5 Å². The van der Waals surface area contributed by atoms with Crippen molar-refractivity contribution < 1.29 is 0 Å². The number of nitrogens with zero attached hydrogens (tertiary/aromatic N) is 1. The summed E-state index contributed by atoms with van der Waals surface area (Å²) in [6.45, 7) is 4.26. The summed E-state index contributed by atoms with van der Waals surface area (Å²) in [4.78, 5) is 3.78. The smallest absolute Gasteiger partial charge is 0.0701 e. The van der Waals surface area contributed by atoms with E-state index in [-0.39, 0.29) is 0 Å². The molecule has 0 fully saturated rings. The van der Waals surface area contributed by atoms with Crippen molar-refractivity contribution >= 4 is 27.3 Å². The highest BCUT2D eigenvalue weighted by molar-refractivity contribution is 9.11. The molecule has 1 atom stereocenters. The van der Waals surface area contributed by atoms with Crippen LogP contribution in [0.15, 0.2) is 15.9 Å². The molecule has 0 aliphatic rings. The first kappa shape index (κ1) is 13.2. The fraction of sp³-hybridized carbons (Fsp3) is 0.636. The third kappa shape index (κ3) is 5.66. The van der Waals surface area contributed by atoms with Crippen LogP contribution < -0.4 is 5.73 Å². The van der Waals surface area contributed by atoms with Gasteiger partial charge in [0.25, 0.3) is 0 Å². The minimum Gasteiger partial charge on any atom is -0.328 e. The Morgan fingerprint density at radius 3 is 2.73 bits per heavy atom. The van der Waals surface area contributed by atoms with E-state index in [1.54, 1.807) is 0 Å². The van der Waals surface area contributed by atoms with Gasteiger partial charge in [-0.25, -0.2) is 0 Å². The lowest BCUT2D eigenvalue weighted by Crippen LogP contribution is -2.27. The van der Waals surface area contributed by atoms with Gasteiger partial charge in [-0.15, -0.1) is 11.3 Å². The van der Waals surface area contributed by atoms with Gasteiger partial charge in [0.15, 0.2) is 0 Å². The number of halogens is 1. The molecule has 1 aromatic heterocycles. The Morgan fingerprint density at radius 2 is 2.20 bits per heavy atom. The maximum absolute atomic E-state index is 5.72. The molecule has 0 radical (unpaired) electrons. The summed E-state index contributed by atoms with van der Waals surface area (Å²) in [5, 5.41) is 0. The molecular weight excluding hydrogens is 272 g/mol.